The molecule has 5 nitrogen and oxygen atoms in total. The van der Waals surface area contributed by atoms with Gasteiger partial charge in [0.15, 0.2) is 0 Å². The van der Waals surface area contributed by atoms with E-state index in [1.807, 2.05) is 20.8 Å². The van der Waals surface area contributed by atoms with Gasteiger partial charge in [0.25, 0.3) is 5.56 Å². The molecule has 0 aromatic carbocycles. The number of aryl methyl sites for hydroxylation is 2. The zero-order valence-electron chi connectivity index (χ0n) is 13.8. The summed E-state index contributed by atoms with van der Waals surface area (Å²) in [5, 5.41) is 0.706. The van der Waals surface area contributed by atoms with Crippen LogP contribution in [0.15, 0.2) is 11.1 Å². The lowest BCUT2D eigenvalue weighted by molar-refractivity contribution is -0.155. The molecule has 0 N–H and O–H groups in total. The number of esters is 1. The summed E-state index contributed by atoms with van der Waals surface area (Å²) in [4.78, 5) is 31.3. The van der Waals surface area contributed by atoms with E-state index in [-0.39, 0.29) is 12.1 Å². The van der Waals surface area contributed by atoms with E-state index in [0.717, 1.165) is 29.7 Å². The number of fused-ring (bicyclic) bond motifs is 3. The van der Waals surface area contributed by atoms with Crippen LogP contribution in [0, 0.1) is 0 Å². The van der Waals surface area contributed by atoms with Crippen molar-refractivity contribution in [3.63, 3.8) is 0 Å². The first kappa shape index (κ1) is 16.2. The fourth-order valence-corrected chi connectivity index (χ4v) is 4.20. The first-order valence-corrected chi connectivity index (χ1v) is 8.88. The van der Waals surface area contributed by atoms with Crippen LogP contribution in [0.3, 0.4) is 0 Å². The van der Waals surface area contributed by atoms with Crippen LogP contribution >= 0.6 is 11.3 Å². The highest BCUT2D eigenvalue weighted by Crippen LogP contribution is 2.32. The third kappa shape index (κ3) is 3.47. The smallest absolute Gasteiger partial charge is 0.326 e. The fraction of sp³-hybridized carbons (Fsp3) is 0.588. The van der Waals surface area contributed by atoms with E-state index >= 15 is 0 Å². The highest BCUT2D eigenvalue weighted by Gasteiger charge is 2.21. The van der Waals surface area contributed by atoms with Crippen molar-refractivity contribution >= 4 is 27.5 Å². The molecule has 0 aliphatic heterocycles. The monoisotopic (exact) mass is 334 g/mol. The minimum atomic E-state index is -0.558. The Morgan fingerprint density at radius 1 is 1.30 bits per heavy atom. The number of aromatic nitrogens is 2. The molecule has 1 aliphatic rings. The molecule has 2 aromatic rings. The van der Waals surface area contributed by atoms with Crippen molar-refractivity contribution < 1.29 is 9.53 Å². The molecular weight excluding hydrogens is 312 g/mol. The number of carbonyl (C=O) groups excluding carboxylic acids is 1. The van der Waals surface area contributed by atoms with Crippen LogP contribution in [0.5, 0.6) is 0 Å². The number of carbonyl (C=O) groups is 1. The zero-order chi connectivity index (χ0) is 16.6. The fourth-order valence-electron chi connectivity index (χ4n) is 2.98. The third-order valence-corrected chi connectivity index (χ3v) is 5.11. The van der Waals surface area contributed by atoms with Gasteiger partial charge in [-0.05, 0) is 52.0 Å². The van der Waals surface area contributed by atoms with Gasteiger partial charge in [0.2, 0.25) is 0 Å². The second-order valence-electron chi connectivity index (χ2n) is 7.01. The molecule has 23 heavy (non-hydrogen) atoms. The van der Waals surface area contributed by atoms with Gasteiger partial charge in [-0.25, -0.2) is 4.98 Å². The highest BCUT2D eigenvalue weighted by molar-refractivity contribution is 7.18. The van der Waals surface area contributed by atoms with Gasteiger partial charge in [-0.3, -0.25) is 14.2 Å². The summed E-state index contributed by atoms with van der Waals surface area (Å²) in [6, 6.07) is 0. The predicted octanol–water partition coefficient (Wildman–Crippen LogP) is 3.07. The molecule has 0 saturated carbocycles. The number of hydrogen-bond donors (Lipinski definition) is 0. The molecule has 0 radical (unpaired) electrons. The number of nitrogens with zero attached hydrogens (tertiary/aromatic N) is 2. The summed E-state index contributed by atoms with van der Waals surface area (Å²) in [6.07, 6.45) is 6.91. The van der Waals surface area contributed by atoms with Gasteiger partial charge in [0.05, 0.1) is 11.7 Å². The van der Waals surface area contributed by atoms with Crippen molar-refractivity contribution in [1.82, 2.24) is 9.55 Å². The predicted molar refractivity (Wildman–Crippen MR) is 91.0 cm³/mol. The largest absolute Gasteiger partial charge is 0.459 e. The van der Waals surface area contributed by atoms with Gasteiger partial charge >= 0.3 is 5.97 Å². The topological polar surface area (TPSA) is 61.2 Å². The Labute approximate surface area is 139 Å². The van der Waals surface area contributed by atoms with Crippen molar-refractivity contribution in [3.05, 3.63) is 27.1 Å². The SMILES string of the molecule is CC(C)(C)OC(=O)Cn1cnc2sc3c(c2c1=O)CCCCC3. The van der Waals surface area contributed by atoms with E-state index < -0.39 is 11.6 Å². The average molecular weight is 334 g/mol. The van der Waals surface area contributed by atoms with Crippen LogP contribution in [0.1, 0.15) is 50.5 Å². The number of rotatable bonds is 2. The minimum Gasteiger partial charge on any atom is -0.459 e. The molecule has 2 heterocycles. The van der Waals surface area contributed by atoms with E-state index in [1.54, 1.807) is 11.3 Å². The highest BCUT2D eigenvalue weighted by atomic mass is 32.1. The maximum absolute atomic E-state index is 12.8. The van der Waals surface area contributed by atoms with E-state index in [1.165, 1.54) is 28.6 Å². The quantitative estimate of drug-likeness (QED) is 0.625. The number of ether oxygens (including phenoxy) is 1. The van der Waals surface area contributed by atoms with Gasteiger partial charge in [-0.15, -0.1) is 11.3 Å². The molecule has 2 aromatic heterocycles. The molecule has 0 spiro atoms. The summed E-state index contributed by atoms with van der Waals surface area (Å²) < 4.78 is 6.67. The van der Waals surface area contributed by atoms with Crippen LogP contribution in [-0.2, 0) is 28.9 Å². The molecule has 1 aliphatic carbocycles. The van der Waals surface area contributed by atoms with Crippen molar-refractivity contribution in [2.45, 2.75) is 65.0 Å². The van der Waals surface area contributed by atoms with Crippen LogP contribution in [0.2, 0.25) is 0 Å². The van der Waals surface area contributed by atoms with Gasteiger partial charge in [-0.2, -0.15) is 0 Å². The average Bonchev–Trinajstić information content (AvgIpc) is 2.63. The maximum atomic E-state index is 12.8. The van der Waals surface area contributed by atoms with Gasteiger partial charge in [0.1, 0.15) is 17.0 Å². The molecule has 0 unspecified atom stereocenters. The Hall–Kier alpha value is -1.69. The Kier molecular flexibility index (Phi) is 4.27. The Morgan fingerprint density at radius 2 is 2.04 bits per heavy atom. The third-order valence-electron chi connectivity index (χ3n) is 3.91. The van der Waals surface area contributed by atoms with Crippen molar-refractivity contribution in [2.75, 3.05) is 0 Å². The van der Waals surface area contributed by atoms with Gasteiger partial charge < -0.3 is 4.74 Å². The normalized spacial score (nSPS) is 15.3. The van der Waals surface area contributed by atoms with Crippen molar-refractivity contribution in [1.29, 1.82) is 0 Å². The van der Waals surface area contributed by atoms with E-state index in [0.29, 0.717) is 5.39 Å². The number of hydrogen-bond acceptors (Lipinski definition) is 5. The molecule has 124 valence electrons. The second kappa shape index (κ2) is 6.07. The molecule has 6 heteroatoms. The lowest BCUT2D eigenvalue weighted by Crippen LogP contribution is -2.30. The first-order valence-electron chi connectivity index (χ1n) is 8.07. The molecule has 0 saturated heterocycles. The van der Waals surface area contributed by atoms with Crippen LogP contribution in [0.4, 0.5) is 0 Å². The van der Waals surface area contributed by atoms with Gasteiger partial charge in [0, 0.05) is 4.88 Å². The van der Waals surface area contributed by atoms with Crippen LogP contribution in [-0.4, -0.2) is 21.1 Å². The van der Waals surface area contributed by atoms with E-state index in [2.05, 4.69) is 4.98 Å². The Bertz CT molecular complexity index is 798. The summed E-state index contributed by atoms with van der Waals surface area (Å²) in [7, 11) is 0. The van der Waals surface area contributed by atoms with E-state index in [9.17, 15) is 9.59 Å². The van der Waals surface area contributed by atoms with Crippen LogP contribution in [0.25, 0.3) is 10.2 Å². The summed E-state index contributed by atoms with van der Waals surface area (Å²) >= 11 is 1.62. The van der Waals surface area contributed by atoms with Crippen LogP contribution < -0.4 is 5.56 Å². The Morgan fingerprint density at radius 3 is 2.78 bits per heavy atom. The lowest BCUT2D eigenvalue weighted by Gasteiger charge is -2.19. The minimum absolute atomic E-state index is 0.0936. The summed E-state index contributed by atoms with van der Waals surface area (Å²) in [5.74, 6) is -0.415. The summed E-state index contributed by atoms with van der Waals surface area (Å²) in [5.41, 5.74) is 0.469. The summed E-state index contributed by atoms with van der Waals surface area (Å²) in [6.45, 7) is 5.35. The molecular formula is C17H22N2O3S. The molecule has 0 bridgehead atoms. The van der Waals surface area contributed by atoms with Crippen molar-refractivity contribution in [2.24, 2.45) is 0 Å². The standard InChI is InChI=1S/C17H22N2O3S/c1-17(2,3)22-13(20)9-19-10-18-15-14(16(19)21)11-7-5-4-6-8-12(11)23-15/h10H,4-9H2,1-3H3. The molecule has 0 fully saturated rings. The maximum Gasteiger partial charge on any atom is 0.326 e. The molecule has 3 rings (SSSR count). The second-order valence-corrected chi connectivity index (χ2v) is 8.09. The molecule has 0 amide bonds. The van der Waals surface area contributed by atoms with E-state index in [4.69, 9.17) is 4.74 Å². The van der Waals surface area contributed by atoms with Gasteiger partial charge in [-0.1, -0.05) is 6.42 Å². The van der Waals surface area contributed by atoms with Crippen molar-refractivity contribution in [3.8, 4) is 0 Å². The zero-order valence-corrected chi connectivity index (χ0v) is 14.7. The number of thiophene rings is 1. The lowest BCUT2D eigenvalue weighted by atomic mass is 10.1. The Balaban J connectivity index is 1.97. The molecule has 0 atom stereocenters. The first-order chi connectivity index (χ1) is 10.8.